The quantitative estimate of drug-likeness (QED) is 0.921. The van der Waals surface area contributed by atoms with E-state index >= 15 is 0 Å². The van der Waals surface area contributed by atoms with Crippen molar-refractivity contribution in [2.75, 3.05) is 13.1 Å². The van der Waals surface area contributed by atoms with Crippen molar-refractivity contribution < 1.29 is 9.50 Å². The third-order valence-corrected chi connectivity index (χ3v) is 4.27. The molecule has 0 unspecified atom stereocenters. The Labute approximate surface area is 119 Å². The lowest BCUT2D eigenvalue weighted by Crippen LogP contribution is -2.47. The highest BCUT2D eigenvalue weighted by Crippen LogP contribution is 2.28. The van der Waals surface area contributed by atoms with Crippen LogP contribution in [-0.4, -0.2) is 34.7 Å². The summed E-state index contributed by atoms with van der Waals surface area (Å²) in [4.78, 5) is 2.37. The van der Waals surface area contributed by atoms with Crippen LogP contribution in [0.4, 0.5) is 4.39 Å². The van der Waals surface area contributed by atoms with E-state index in [1.807, 2.05) is 0 Å². The lowest BCUT2D eigenvalue weighted by atomic mass is 9.85. The van der Waals surface area contributed by atoms with Crippen molar-refractivity contribution in [3.8, 4) is 0 Å². The van der Waals surface area contributed by atoms with Crippen molar-refractivity contribution in [3.05, 3.63) is 34.6 Å². The minimum atomic E-state index is -0.688. The molecule has 1 aliphatic heterocycles. The van der Waals surface area contributed by atoms with Gasteiger partial charge >= 0.3 is 0 Å². The lowest BCUT2D eigenvalue weighted by Gasteiger charge is -2.40. The molecule has 1 N–H and O–H groups in total. The standard InChI is InChI=1S/C15H21ClFNO/c1-11(2)18-7-5-15(19,6-8-18)10-12-3-4-14(17)13(16)9-12/h3-4,9,11,19H,5-8,10H2,1-2H3. The lowest BCUT2D eigenvalue weighted by molar-refractivity contribution is -0.0271. The third kappa shape index (κ3) is 3.68. The molecule has 1 fully saturated rings. The first-order valence-corrected chi connectivity index (χ1v) is 7.18. The molecule has 0 spiro atoms. The van der Waals surface area contributed by atoms with Crippen LogP contribution in [0.5, 0.6) is 0 Å². The molecule has 19 heavy (non-hydrogen) atoms. The molecule has 4 heteroatoms. The molecule has 0 aliphatic carbocycles. The van der Waals surface area contributed by atoms with Gasteiger partial charge in [-0.1, -0.05) is 17.7 Å². The van der Waals surface area contributed by atoms with Gasteiger partial charge in [0.1, 0.15) is 5.82 Å². The molecule has 0 atom stereocenters. The van der Waals surface area contributed by atoms with E-state index in [0.717, 1.165) is 31.5 Å². The van der Waals surface area contributed by atoms with Gasteiger partial charge in [-0.3, -0.25) is 0 Å². The van der Waals surface area contributed by atoms with Gasteiger partial charge in [-0.15, -0.1) is 0 Å². The fraction of sp³-hybridized carbons (Fsp3) is 0.600. The van der Waals surface area contributed by atoms with E-state index < -0.39 is 11.4 Å². The number of rotatable bonds is 3. The van der Waals surface area contributed by atoms with Gasteiger partial charge in [-0.05, 0) is 44.4 Å². The van der Waals surface area contributed by atoms with Crippen LogP contribution in [0.1, 0.15) is 32.3 Å². The van der Waals surface area contributed by atoms with Gasteiger partial charge in [-0.25, -0.2) is 4.39 Å². The number of piperidine rings is 1. The molecular weight excluding hydrogens is 265 g/mol. The summed E-state index contributed by atoms with van der Waals surface area (Å²) in [5, 5.41) is 10.7. The molecule has 1 heterocycles. The van der Waals surface area contributed by atoms with Crippen molar-refractivity contribution in [2.24, 2.45) is 0 Å². The molecule has 0 amide bonds. The average molecular weight is 286 g/mol. The molecule has 1 aliphatic rings. The highest BCUT2D eigenvalue weighted by molar-refractivity contribution is 6.30. The molecule has 0 saturated carbocycles. The number of halogens is 2. The normalized spacial score (nSPS) is 19.9. The zero-order chi connectivity index (χ0) is 14.0. The second-order valence-electron chi connectivity index (χ2n) is 5.78. The Kier molecular flexibility index (Phi) is 4.49. The maximum atomic E-state index is 13.1. The first kappa shape index (κ1) is 14.8. The van der Waals surface area contributed by atoms with Crippen LogP contribution >= 0.6 is 11.6 Å². The van der Waals surface area contributed by atoms with E-state index in [4.69, 9.17) is 11.6 Å². The molecule has 0 radical (unpaired) electrons. The second-order valence-corrected chi connectivity index (χ2v) is 6.19. The first-order valence-electron chi connectivity index (χ1n) is 6.80. The predicted molar refractivity (Wildman–Crippen MR) is 76.0 cm³/mol. The van der Waals surface area contributed by atoms with E-state index in [1.54, 1.807) is 12.1 Å². The van der Waals surface area contributed by atoms with Gasteiger partial charge in [-0.2, -0.15) is 0 Å². The summed E-state index contributed by atoms with van der Waals surface area (Å²) in [5.41, 5.74) is 0.207. The zero-order valence-corrected chi connectivity index (χ0v) is 12.3. The third-order valence-electron chi connectivity index (χ3n) is 3.98. The number of aliphatic hydroxyl groups is 1. The van der Waals surface area contributed by atoms with E-state index in [-0.39, 0.29) is 5.02 Å². The summed E-state index contributed by atoms with van der Waals surface area (Å²) in [7, 11) is 0. The maximum Gasteiger partial charge on any atom is 0.141 e. The molecule has 1 aromatic rings. The van der Waals surface area contributed by atoms with Crippen molar-refractivity contribution in [2.45, 2.75) is 44.8 Å². The summed E-state index contributed by atoms with van der Waals surface area (Å²) >= 11 is 5.78. The van der Waals surface area contributed by atoms with Gasteiger partial charge in [0, 0.05) is 25.6 Å². The van der Waals surface area contributed by atoms with Gasteiger partial charge < -0.3 is 10.0 Å². The van der Waals surface area contributed by atoms with Crippen LogP contribution < -0.4 is 0 Å². The van der Waals surface area contributed by atoms with Crippen LogP contribution in [0.25, 0.3) is 0 Å². The summed E-state index contributed by atoms with van der Waals surface area (Å²) in [6.45, 7) is 6.15. The number of hydrogen-bond acceptors (Lipinski definition) is 2. The van der Waals surface area contributed by atoms with E-state index in [1.165, 1.54) is 6.07 Å². The van der Waals surface area contributed by atoms with E-state index in [2.05, 4.69) is 18.7 Å². The fourth-order valence-corrected chi connectivity index (χ4v) is 2.87. The average Bonchev–Trinajstić information content (AvgIpc) is 2.34. The summed E-state index contributed by atoms with van der Waals surface area (Å²) in [6.07, 6.45) is 2.04. The molecule has 1 aromatic carbocycles. The fourth-order valence-electron chi connectivity index (χ4n) is 2.66. The predicted octanol–water partition coefficient (Wildman–Crippen LogP) is 3.26. The van der Waals surface area contributed by atoms with Crippen molar-refractivity contribution in [1.82, 2.24) is 4.90 Å². The smallest absolute Gasteiger partial charge is 0.141 e. The molecular formula is C15H21ClFNO. The van der Waals surface area contributed by atoms with Crippen molar-refractivity contribution in [3.63, 3.8) is 0 Å². The maximum absolute atomic E-state index is 13.1. The number of nitrogens with zero attached hydrogens (tertiary/aromatic N) is 1. The highest BCUT2D eigenvalue weighted by atomic mass is 35.5. The van der Waals surface area contributed by atoms with Gasteiger partial charge in [0.25, 0.3) is 0 Å². The Hall–Kier alpha value is -0.640. The first-order chi connectivity index (χ1) is 8.89. The number of likely N-dealkylation sites (tertiary alicyclic amines) is 1. The summed E-state index contributed by atoms with van der Waals surface area (Å²) in [5.74, 6) is -0.410. The molecule has 106 valence electrons. The Morgan fingerprint density at radius 2 is 2.00 bits per heavy atom. The summed E-state index contributed by atoms with van der Waals surface area (Å²) in [6, 6.07) is 5.20. The molecule has 2 rings (SSSR count). The van der Waals surface area contributed by atoms with Gasteiger partial charge in [0.2, 0.25) is 0 Å². The minimum absolute atomic E-state index is 0.126. The monoisotopic (exact) mass is 285 g/mol. The molecule has 0 aromatic heterocycles. The molecule has 1 saturated heterocycles. The Morgan fingerprint density at radius 3 is 2.53 bits per heavy atom. The Bertz CT molecular complexity index is 442. The number of benzene rings is 1. The second kappa shape index (κ2) is 5.78. The van der Waals surface area contributed by atoms with Crippen molar-refractivity contribution in [1.29, 1.82) is 0 Å². The Balaban J connectivity index is 2.00. The van der Waals surface area contributed by atoms with Gasteiger partial charge in [0.05, 0.1) is 10.6 Å². The zero-order valence-electron chi connectivity index (χ0n) is 11.5. The van der Waals surface area contributed by atoms with Crippen molar-refractivity contribution >= 4 is 11.6 Å². The molecule has 2 nitrogen and oxygen atoms in total. The van der Waals surface area contributed by atoms with Crippen LogP contribution in [-0.2, 0) is 6.42 Å². The van der Waals surface area contributed by atoms with E-state index in [9.17, 15) is 9.50 Å². The summed E-state index contributed by atoms with van der Waals surface area (Å²) < 4.78 is 13.1. The van der Waals surface area contributed by atoms with Crippen LogP contribution in [0.3, 0.4) is 0 Å². The van der Waals surface area contributed by atoms with Gasteiger partial charge in [0.15, 0.2) is 0 Å². The van der Waals surface area contributed by atoms with E-state index in [0.29, 0.717) is 12.5 Å². The SMILES string of the molecule is CC(C)N1CCC(O)(Cc2ccc(F)c(Cl)c2)CC1. The minimum Gasteiger partial charge on any atom is -0.389 e. The number of hydrogen-bond donors (Lipinski definition) is 1. The van der Waals surface area contributed by atoms with Crippen LogP contribution in [0, 0.1) is 5.82 Å². The Morgan fingerprint density at radius 1 is 1.37 bits per heavy atom. The topological polar surface area (TPSA) is 23.5 Å². The van der Waals surface area contributed by atoms with Crippen LogP contribution in [0.2, 0.25) is 5.02 Å². The van der Waals surface area contributed by atoms with Crippen LogP contribution in [0.15, 0.2) is 18.2 Å². The largest absolute Gasteiger partial charge is 0.389 e. The highest BCUT2D eigenvalue weighted by Gasteiger charge is 2.33. The molecule has 0 bridgehead atoms.